The molecule has 30 heavy (non-hydrogen) atoms. The molecular weight excluding hydrogens is 407 g/mol. The number of nitrogens with zero attached hydrogens (tertiary/aromatic N) is 4. The van der Waals surface area contributed by atoms with Gasteiger partial charge in [0.15, 0.2) is 0 Å². The molecule has 3 aromatic rings. The summed E-state index contributed by atoms with van der Waals surface area (Å²) in [5.41, 5.74) is 2.42. The highest BCUT2D eigenvalue weighted by Gasteiger charge is 2.23. The first-order valence-electron chi connectivity index (χ1n) is 9.86. The first-order chi connectivity index (χ1) is 14.5. The van der Waals surface area contributed by atoms with E-state index in [0.29, 0.717) is 43.5 Å². The van der Waals surface area contributed by atoms with Gasteiger partial charge < -0.3 is 9.42 Å². The lowest BCUT2D eigenvalue weighted by Gasteiger charge is -2.21. The van der Waals surface area contributed by atoms with Crippen LogP contribution in [0.3, 0.4) is 0 Å². The van der Waals surface area contributed by atoms with Gasteiger partial charge in [-0.3, -0.25) is 9.69 Å². The van der Waals surface area contributed by atoms with Crippen LogP contribution in [0.2, 0.25) is 5.02 Å². The molecule has 156 valence electrons. The molecule has 1 aromatic heterocycles. The van der Waals surface area contributed by atoms with Gasteiger partial charge in [0.05, 0.1) is 17.1 Å². The van der Waals surface area contributed by atoms with Gasteiger partial charge in [0.2, 0.25) is 11.7 Å². The number of benzene rings is 2. The summed E-state index contributed by atoms with van der Waals surface area (Å²) in [6, 6.07) is 11.8. The average molecular weight is 429 g/mol. The summed E-state index contributed by atoms with van der Waals surface area (Å²) in [6.07, 6.45) is 0.809. The van der Waals surface area contributed by atoms with Crippen molar-refractivity contribution in [2.75, 3.05) is 26.2 Å². The molecule has 6 nitrogen and oxygen atoms in total. The van der Waals surface area contributed by atoms with E-state index in [1.54, 1.807) is 4.90 Å². The second-order valence-corrected chi connectivity index (χ2v) is 7.83. The number of carbonyl (C=O) groups excluding carboxylic acids is 1. The van der Waals surface area contributed by atoms with Gasteiger partial charge in [-0.2, -0.15) is 4.98 Å². The van der Waals surface area contributed by atoms with Crippen LogP contribution in [0.15, 0.2) is 47.0 Å². The van der Waals surface area contributed by atoms with Crippen molar-refractivity contribution in [3.63, 3.8) is 0 Å². The maximum atomic E-state index is 13.3. The predicted octanol–water partition coefficient (Wildman–Crippen LogP) is 4.19. The van der Waals surface area contributed by atoms with Crippen molar-refractivity contribution in [2.45, 2.75) is 19.9 Å². The normalized spacial score (nSPS) is 15.2. The molecule has 0 radical (unpaired) electrons. The van der Waals surface area contributed by atoms with Gasteiger partial charge in [-0.1, -0.05) is 46.6 Å². The van der Waals surface area contributed by atoms with E-state index in [0.717, 1.165) is 18.5 Å². The van der Waals surface area contributed by atoms with Gasteiger partial charge >= 0.3 is 0 Å². The molecule has 1 saturated heterocycles. The molecule has 1 aliphatic heterocycles. The number of aromatic nitrogens is 2. The minimum absolute atomic E-state index is 0.135. The van der Waals surface area contributed by atoms with Crippen LogP contribution < -0.4 is 0 Å². The van der Waals surface area contributed by atoms with Crippen molar-refractivity contribution in [1.29, 1.82) is 0 Å². The third-order valence-corrected chi connectivity index (χ3v) is 5.49. The number of carbonyl (C=O) groups is 1. The Morgan fingerprint density at radius 1 is 1.13 bits per heavy atom. The molecule has 0 spiro atoms. The highest BCUT2D eigenvalue weighted by Crippen LogP contribution is 2.21. The molecule has 1 amide bonds. The van der Waals surface area contributed by atoms with Crippen molar-refractivity contribution >= 4 is 17.5 Å². The highest BCUT2D eigenvalue weighted by atomic mass is 35.5. The lowest BCUT2D eigenvalue weighted by molar-refractivity contribution is 0.0760. The minimum atomic E-state index is -0.455. The van der Waals surface area contributed by atoms with Gasteiger partial charge in [0.1, 0.15) is 5.82 Å². The van der Waals surface area contributed by atoms with Crippen LogP contribution in [0.4, 0.5) is 4.39 Å². The van der Waals surface area contributed by atoms with Crippen LogP contribution in [-0.2, 0) is 6.54 Å². The van der Waals surface area contributed by atoms with E-state index in [4.69, 9.17) is 16.1 Å². The van der Waals surface area contributed by atoms with Crippen LogP contribution in [0.1, 0.15) is 28.2 Å². The van der Waals surface area contributed by atoms with Crippen LogP contribution in [0, 0.1) is 12.7 Å². The van der Waals surface area contributed by atoms with E-state index in [1.807, 2.05) is 31.2 Å². The van der Waals surface area contributed by atoms with Gasteiger partial charge in [-0.15, -0.1) is 0 Å². The average Bonchev–Trinajstić information content (AvgIpc) is 3.06. The molecule has 0 unspecified atom stereocenters. The van der Waals surface area contributed by atoms with Crippen molar-refractivity contribution in [1.82, 2.24) is 19.9 Å². The van der Waals surface area contributed by atoms with Gasteiger partial charge in [-0.25, -0.2) is 4.39 Å². The Bertz CT molecular complexity index is 1040. The molecule has 2 heterocycles. The summed E-state index contributed by atoms with van der Waals surface area (Å²) in [7, 11) is 0. The molecular formula is C22H22ClFN4O2. The van der Waals surface area contributed by atoms with E-state index in [-0.39, 0.29) is 10.9 Å². The SMILES string of the molecule is Cc1ccc(-c2noc(CN3CCCN(C(=O)c4ccc(F)cc4Cl)CC3)n2)cc1. The monoisotopic (exact) mass is 428 g/mol. The first-order valence-corrected chi connectivity index (χ1v) is 10.2. The number of aryl methyl sites for hydroxylation is 1. The maximum absolute atomic E-state index is 13.3. The number of hydrogen-bond acceptors (Lipinski definition) is 5. The molecule has 8 heteroatoms. The smallest absolute Gasteiger partial charge is 0.255 e. The van der Waals surface area contributed by atoms with Crippen molar-refractivity contribution in [3.05, 3.63) is 70.3 Å². The van der Waals surface area contributed by atoms with E-state index in [1.165, 1.54) is 23.8 Å². The quantitative estimate of drug-likeness (QED) is 0.623. The van der Waals surface area contributed by atoms with E-state index in [2.05, 4.69) is 15.0 Å². The molecule has 1 aliphatic rings. The highest BCUT2D eigenvalue weighted by molar-refractivity contribution is 6.33. The molecule has 0 atom stereocenters. The minimum Gasteiger partial charge on any atom is -0.338 e. The zero-order chi connectivity index (χ0) is 21.1. The van der Waals surface area contributed by atoms with Crippen molar-refractivity contribution < 1.29 is 13.7 Å². The van der Waals surface area contributed by atoms with E-state index < -0.39 is 5.82 Å². The largest absolute Gasteiger partial charge is 0.338 e. The first kappa shape index (κ1) is 20.5. The number of amides is 1. The van der Waals surface area contributed by atoms with Crippen LogP contribution in [0.25, 0.3) is 11.4 Å². The summed E-state index contributed by atoms with van der Waals surface area (Å²) < 4.78 is 18.7. The molecule has 1 fully saturated rings. The fourth-order valence-electron chi connectivity index (χ4n) is 3.50. The lowest BCUT2D eigenvalue weighted by Crippen LogP contribution is -2.35. The molecule has 4 rings (SSSR count). The second kappa shape index (κ2) is 8.93. The predicted molar refractivity (Wildman–Crippen MR) is 112 cm³/mol. The number of halogens is 2. The third kappa shape index (κ3) is 4.68. The standard InChI is InChI=1S/C22H22ClFN4O2/c1-15-3-5-16(6-4-15)21-25-20(30-26-21)14-27-9-2-10-28(12-11-27)22(29)18-8-7-17(24)13-19(18)23/h3-8,13H,2,9-12,14H2,1H3. The Kier molecular flexibility index (Phi) is 6.11. The Labute approximate surface area is 179 Å². The van der Waals surface area contributed by atoms with Gasteiger partial charge in [-0.05, 0) is 31.5 Å². The van der Waals surface area contributed by atoms with Crippen LogP contribution in [0.5, 0.6) is 0 Å². The fraction of sp³-hybridized carbons (Fsp3) is 0.318. The van der Waals surface area contributed by atoms with E-state index in [9.17, 15) is 9.18 Å². The second-order valence-electron chi connectivity index (χ2n) is 7.42. The summed E-state index contributed by atoms with van der Waals surface area (Å²) in [6.45, 7) is 5.20. The number of hydrogen-bond donors (Lipinski definition) is 0. The molecule has 0 N–H and O–H groups in total. The third-order valence-electron chi connectivity index (χ3n) is 5.17. The topological polar surface area (TPSA) is 62.5 Å². The van der Waals surface area contributed by atoms with Crippen LogP contribution >= 0.6 is 11.6 Å². The van der Waals surface area contributed by atoms with Gasteiger partial charge in [0.25, 0.3) is 5.91 Å². The fourth-order valence-corrected chi connectivity index (χ4v) is 3.74. The molecule has 0 bridgehead atoms. The van der Waals surface area contributed by atoms with Crippen molar-refractivity contribution in [3.8, 4) is 11.4 Å². The van der Waals surface area contributed by atoms with Crippen LogP contribution in [-0.4, -0.2) is 52.0 Å². The Morgan fingerprint density at radius 2 is 1.93 bits per heavy atom. The zero-order valence-corrected chi connectivity index (χ0v) is 17.4. The summed E-state index contributed by atoms with van der Waals surface area (Å²) >= 11 is 6.06. The maximum Gasteiger partial charge on any atom is 0.255 e. The van der Waals surface area contributed by atoms with Gasteiger partial charge in [0, 0.05) is 31.7 Å². The summed E-state index contributed by atoms with van der Waals surface area (Å²) in [5, 5.41) is 4.22. The lowest BCUT2D eigenvalue weighted by atomic mass is 10.1. The van der Waals surface area contributed by atoms with E-state index >= 15 is 0 Å². The molecule has 0 aliphatic carbocycles. The Balaban J connectivity index is 1.38. The molecule has 2 aromatic carbocycles. The summed E-state index contributed by atoms with van der Waals surface area (Å²) in [5.74, 6) is 0.485. The van der Waals surface area contributed by atoms with Crippen molar-refractivity contribution in [2.24, 2.45) is 0 Å². The Morgan fingerprint density at radius 3 is 2.70 bits per heavy atom. The molecule has 0 saturated carbocycles. The number of rotatable bonds is 4. The summed E-state index contributed by atoms with van der Waals surface area (Å²) in [4.78, 5) is 21.2. The Hall–Kier alpha value is -2.77. The zero-order valence-electron chi connectivity index (χ0n) is 16.6.